The first-order chi connectivity index (χ1) is 13.2. The van der Waals surface area contributed by atoms with Gasteiger partial charge in [-0.15, -0.1) is 11.3 Å². The second-order valence-electron chi connectivity index (χ2n) is 6.37. The summed E-state index contributed by atoms with van der Waals surface area (Å²) in [5.74, 6) is 0. The Balaban J connectivity index is 0.00000280. The molecule has 7 heteroatoms. The third-order valence-electron chi connectivity index (χ3n) is 4.39. The number of non-ortho nitro benzene ring substituents is 1. The molecule has 0 N–H and O–H groups in total. The predicted molar refractivity (Wildman–Crippen MR) is 110 cm³/mol. The number of unbranched alkanes of at least 4 members (excludes halogenated alkanes) is 3. The molecule has 0 bridgehead atoms. The second-order valence-corrected chi connectivity index (χ2v) is 7.20. The Kier molecular flexibility index (Phi) is 8.60. The number of rotatable bonds is 8. The van der Waals surface area contributed by atoms with Gasteiger partial charge in [-0.3, -0.25) is 10.1 Å². The number of aromatic nitrogens is 1. The van der Waals surface area contributed by atoms with Crippen LogP contribution >= 0.6 is 11.3 Å². The zero-order chi connectivity index (χ0) is 19.1. The number of nitro groups is 1. The van der Waals surface area contributed by atoms with E-state index < -0.39 is 0 Å². The summed E-state index contributed by atoms with van der Waals surface area (Å²) in [6.45, 7) is 3.09. The number of benzene rings is 2. The summed E-state index contributed by atoms with van der Waals surface area (Å²) in [5, 5.41) is 13.0. The average Bonchev–Trinajstić information content (AvgIpc) is 3.08. The molecule has 5 nitrogen and oxygen atoms in total. The van der Waals surface area contributed by atoms with Crippen LogP contribution in [0.25, 0.3) is 11.3 Å². The lowest BCUT2D eigenvalue weighted by molar-refractivity contribution is -0.384. The third-order valence-corrected chi connectivity index (χ3v) is 5.25. The zero-order valence-electron chi connectivity index (χ0n) is 15.8. The Bertz CT molecular complexity index is 950. The molecule has 148 valence electrons. The molecular weight excluding hydrogens is 438 g/mol. The van der Waals surface area contributed by atoms with Crippen molar-refractivity contribution in [1.82, 2.24) is 4.57 Å². The van der Waals surface area contributed by atoms with Gasteiger partial charge in [0.25, 0.3) is 5.69 Å². The lowest BCUT2D eigenvalue weighted by Gasteiger charge is -2.09. The summed E-state index contributed by atoms with van der Waals surface area (Å²) >= 11 is 1.60. The molecule has 0 amide bonds. The molecule has 0 saturated heterocycles. The van der Waals surface area contributed by atoms with E-state index >= 15 is 0 Å². The van der Waals surface area contributed by atoms with E-state index in [0.29, 0.717) is 0 Å². The molecule has 2 aromatic carbocycles. The summed E-state index contributed by atoms with van der Waals surface area (Å²) < 4.78 is 2.23. The topological polar surface area (TPSA) is 60.4 Å². The van der Waals surface area contributed by atoms with Gasteiger partial charge < -0.3 is 21.5 Å². The van der Waals surface area contributed by atoms with Crippen molar-refractivity contribution >= 4 is 22.7 Å². The van der Waals surface area contributed by atoms with Gasteiger partial charge in [0.2, 0.25) is 0 Å². The smallest absolute Gasteiger partial charge is 0.269 e. The first-order valence-electron chi connectivity index (χ1n) is 9.22. The molecule has 0 radical (unpaired) electrons. The zero-order valence-corrected chi connectivity index (χ0v) is 18.2. The summed E-state index contributed by atoms with van der Waals surface area (Å²) in [5.41, 5.74) is 3.07. The lowest BCUT2D eigenvalue weighted by atomic mass is 10.1. The van der Waals surface area contributed by atoms with Crippen LogP contribution < -0.4 is 21.8 Å². The van der Waals surface area contributed by atoms with E-state index in [1.807, 2.05) is 42.5 Å². The fraction of sp³-hybridized carbons (Fsp3) is 0.286. The number of hydrogen-bond acceptors (Lipinski definition) is 4. The molecule has 0 aliphatic heterocycles. The summed E-state index contributed by atoms with van der Waals surface area (Å²) in [4.78, 5) is 16.3. The van der Waals surface area contributed by atoms with Crippen molar-refractivity contribution in [2.75, 3.05) is 0 Å². The highest BCUT2D eigenvalue weighted by Gasteiger charge is 2.10. The molecule has 0 aliphatic rings. The Morgan fingerprint density at radius 3 is 2.39 bits per heavy atom. The Morgan fingerprint density at radius 2 is 1.75 bits per heavy atom. The van der Waals surface area contributed by atoms with E-state index in [0.717, 1.165) is 34.7 Å². The minimum atomic E-state index is -0.369. The molecule has 0 unspecified atom stereocenters. The van der Waals surface area contributed by atoms with Gasteiger partial charge in [0.15, 0.2) is 4.80 Å². The fourth-order valence-electron chi connectivity index (χ4n) is 2.93. The van der Waals surface area contributed by atoms with Crippen molar-refractivity contribution in [3.8, 4) is 11.3 Å². The molecule has 0 aliphatic carbocycles. The van der Waals surface area contributed by atoms with Crippen LogP contribution in [0.1, 0.15) is 32.6 Å². The second kappa shape index (κ2) is 10.9. The monoisotopic (exact) mass is 460 g/mol. The maximum atomic E-state index is 10.9. The Labute approximate surface area is 179 Å². The van der Waals surface area contributed by atoms with Crippen molar-refractivity contribution < 1.29 is 21.9 Å². The van der Waals surface area contributed by atoms with Gasteiger partial charge in [-0.25, -0.2) is 4.99 Å². The Hall–Kier alpha value is -2.25. The fourth-order valence-corrected chi connectivity index (χ4v) is 3.88. The van der Waals surface area contributed by atoms with Gasteiger partial charge in [0.1, 0.15) is 0 Å². The summed E-state index contributed by atoms with van der Waals surface area (Å²) in [7, 11) is 0. The molecule has 3 rings (SSSR count). The van der Waals surface area contributed by atoms with Crippen molar-refractivity contribution in [1.29, 1.82) is 0 Å². The maximum Gasteiger partial charge on any atom is 0.269 e. The number of nitro benzene ring substituents is 1. The highest BCUT2D eigenvalue weighted by atomic mass is 79.9. The van der Waals surface area contributed by atoms with Gasteiger partial charge >= 0.3 is 0 Å². The number of nitrogens with zero attached hydrogens (tertiary/aromatic N) is 3. The van der Waals surface area contributed by atoms with E-state index in [1.165, 1.54) is 19.3 Å². The van der Waals surface area contributed by atoms with Crippen LogP contribution in [0.15, 0.2) is 65.0 Å². The minimum absolute atomic E-state index is 0. The van der Waals surface area contributed by atoms with E-state index in [1.54, 1.807) is 23.5 Å². The van der Waals surface area contributed by atoms with Crippen molar-refractivity contribution in [2.24, 2.45) is 4.99 Å². The normalized spacial score (nSPS) is 11.2. The standard InChI is InChI=1S/C21H23N3O2S.BrH/c1-2-3-4-8-15-23-20(17-11-13-19(14-12-17)24(25)26)16-27-21(23)22-18-9-6-5-7-10-18;/h5-7,9-14,16H,2-4,8,15H2,1H3;1H/p-1. The number of hydrogen-bond donors (Lipinski definition) is 0. The maximum absolute atomic E-state index is 10.9. The summed E-state index contributed by atoms with van der Waals surface area (Å²) in [6.07, 6.45) is 4.70. The van der Waals surface area contributed by atoms with Crippen LogP contribution in [0.3, 0.4) is 0 Å². The van der Waals surface area contributed by atoms with Gasteiger partial charge in [0, 0.05) is 24.1 Å². The molecule has 0 spiro atoms. The summed E-state index contributed by atoms with van der Waals surface area (Å²) in [6, 6.07) is 16.7. The van der Waals surface area contributed by atoms with Crippen molar-refractivity contribution in [3.63, 3.8) is 0 Å². The van der Waals surface area contributed by atoms with Gasteiger partial charge in [0.05, 0.1) is 16.3 Å². The van der Waals surface area contributed by atoms with Crippen LogP contribution in [0.2, 0.25) is 0 Å². The largest absolute Gasteiger partial charge is 1.00 e. The molecule has 0 atom stereocenters. The molecule has 28 heavy (non-hydrogen) atoms. The van der Waals surface area contributed by atoms with Gasteiger partial charge in [-0.05, 0) is 36.2 Å². The van der Waals surface area contributed by atoms with Crippen LogP contribution in [0.4, 0.5) is 11.4 Å². The third kappa shape index (κ3) is 5.62. The molecule has 1 heterocycles. The minimum Gasteiger partial charge on any atom is -1.00 e. The van der Waals surface area contributed by atoms with Gasteiger partial charge in [-0.2, -0.15) is 0 Å². The predicted octanol–water partition coefficient (Wildman–Crippen LogP) is 2.94. The average molecular weight is 461 g/mol. The van der Waals surface area contributed by atoms with E-state index in [4.69, 9.17) is 4.99 Å². The highest BCUT2D eigenvalue weighted by molar-refractivity contribution is 7.07. The Morgan fingerprint density at radius 1 is 1.04 bits per heavy atom. The molecule has 3 aromatic rings. The van der Waals surface area contributed by atoms with E-state index in [2.05, 4.69) is 16.9 Å². The van der Waals surface area contributed by atoms with Crippen LogP contribution in [-0.4, -0.2) is 9.49 Å². The first-order valence-corrected chi connectivity index (χ1v) is 10.1. The molecule has 0 saturated carbocycles. The van der Waals surface area contributed by atoms with Crippen LogP contribution in [0.5, 0.6) is 0 Å². The number of thiazole rings is 1. The molecular formula is C21H23BrN3O2S-. The van der Waals surface area contributed by atoms with E-state index in [-0.39, 0.29) is 27.6 Å². The van der Waals surface area contributed by atoms with Gasteiger partial charge in [-0.1, -0.05) is 44.4 Å². The van der Waals surface area contributed by atoms with E-state index in [9.17, 15) is 10.1 Å². The SMILES string of the molecule is CCCCCCn1c(-c2ccc([N+](=O)[O-])cc2)csc1=Nc1ccccc1.[Br-]. The van der Waals surface area contributed by atoms with Crippen molar-refractivity contribution in [2.45, 2.75) is 39.2 Å². The van der Waals surface area contributed by atoms with Crippen LogP contribution in [0, 0.1) is 10.1 Å². The molecule has 0 fully saturated rings. The molecule has 1 aromatic heterocycles. The number of para-hydroxylation sites is 1. The highest BCUT2D eigenvalue weighted by Crippen LogP contribution is 2.24. The van der Waals surface area contributed by atoms with Crippen LogP contribution in [-0.2, 0) is 6.54 Å². The number of halogens is 1. The quantitative estimate of drug-likeness (QED) is 0.294. The first kappa shape index (κ1) is 22.0. The van der Waals surface area contributed by atoms with Crippen molar-refractivity contribution in [3.05, 3.63) is 74.9 Å². The lowest BCUT2D eigenvalue weighted by Crippen LogP contribution is -3.00.